The Kier molecular flexibility index (Phi) is 7.34. The van der Waals surface area contributed by atoms with Crippen molar-refractivity contribution in [3.63, 3.8) is 0 Å². The van der Waals surface area contributed by atoms with Crippen LogP contribution in [0.3, 0.4) is 0 Å². The maximum atomic E-state index is 4.23. The summed E-state index contributed by atoms with van der Waals surface area (Å²) >= 11 is 0. The van der Waals surface area contributed by atoms with Crippen LogP contribution in [0, 0.1) is 0 Å². The van der Waals surface area contributed by atoms with Crippen LogP contribution in [-0.4, -0.2) is 6.54 Å². The summed E-state index contributed by atoms with van der Waals surface area (Å²) < 4.78 is 0. The van der Waals surface area contributed by atoms with E-state index < -0.39 is 0 Å². The molecule has 0 spiro atoms. The monoisotopic (exact) mass is 305 g/mol. The zero-order valence-corrected chi connectivity index (χ0v) is 13.4. The molecule has 0 amide bonds. The Morgan fingerprint density at radius 1 is 0.826 bits per heavy atom. The first-order valence-corrected chi connectivity index (χ1v) is 7.95. The number of benzene rings is 2. The Bertz CT molecular complexity index is 628. The van der Waals surface area contributed by atoms with E-state index in [4.69, 9.17) is 0 Å². The van der Waals surface area contributed by atoms with Crippen molar-refractivity contribution in [3.8, 4) is 0 Å². The van der Waals surface area contributed by atoms with Crippen molar-refractivity contribution in [1.82, 2.24) is 0 Å². The minimum absolute atomic E-state index is 0.832. The molecule has 2 rings (SSSR count). The van der Waals surface area contributed by atoms with Crippen LogP contribution in [0.1, 0.15) is 19.3 Å². The van der Waals surface area contributed by atoms with Crippen LogP contribution in [0.5, 0.6) is 0 Å². The molecule has 0 radical (unpaired) electrons. The van der Waals surface area contributed by atoms with Crippen LogP contribution >= 0.6 is 0 Å². The summed E-state index contributed by atoms with van der Waals surface area (Å²) in [4.78, 5) is 0. The highest BCUT2D eigenvalue weighted by Gasteiger charge is 1.92. The lowest BCUT2D eigenvalue weighted by atomic mass is 10.2. The molecule has 2 aromatic carbocycles. The Hall–Kier alpha value is -2.68. The fraction of sp³-hybridized carbons (Fsp3) is 0.200. The van der Waals surface area contributed by atoms with Gasteiger partial charge < -0.3 is 5.32 Å². The van der Waals surface area contributed by atoms with Crippen LogP contribution < -0.4 is 5.32 Å². The van der Waals surface area contributed by atoms with Crippen LogP contribution in [0.2, 0.25) is 0 Å². The molecule has 3 nitrogen and oxygen atoms in total. The second-order valence-corrected chi connectivity index (χ2v) is 5.15. The number of nitrogens with one attached hydrogen (secondary N) is 1. The van der Waals surface area contributed by atoms with E-state index in [-0.39, 0.29) is 0 Å². The summed E-state index contributed by atoms with van der Waals surface area (Å²) in [6.45, 7) is 4.55. The molecule has 0 atom stereocenters. The van der Waals surface area contributed by atoms with Gasteiger partial charge in [-0.2, -0.15) is 10.2 Å². The SMILES string of the molecule is C=CCCCC=CCNc1ccc(N=Nc2ccccc2)cc1. The number of azo groups is 1. The van der Waals surface area contributed by atoms with Gasteiger partial charge in [0.25, 0.3) is 0 Å². The van der Waals surface area contributed by atoms with Crippen molar-refractivity contribution in [2.75, 3.05) is 11.9 Å². The highest BCUT2D eigenvalue weighted by atomic mass is 15.1. The smallest absolute Gasteiger partial charge is 0.0858 e. The van der Waals surface area contributed by atoms with E-state index in [0.29, 0.717) is 0 Å². The molecule has 0 bridgehead atoms. The zero-order chi connectivity index (χ0) is 16.2. The molecule has 1 N–H and O–H groups in total. The number of anilines is 1. The lowest BCUT2D eigenvalue weighted by molar-refractivity contribution is 0.868. The van der Waals surface area contributed by atoms with Crippen LogP contribution in [0.4, 0.5) is 17.1 Å². The van der Waals surface area contributed by atoms with E-state index in [2.05, 4.69) is 34.3 Å². The van der Waals surface area contributed by atoms with Crippen molar-refractivity contribution >= 4 is 17.1 Å². The van der Waals surface area contributed by atoms with Gasteiger partial charge in [-0.3, -0.25) is 0 Å². The second kappa shape index (κ2) is 10.1. The Morgan fingerprint density at radius 3 is 2.22 bits per heavy atom. The van der Waals surface area contributed by atoms with E-state index in [1.54, 1.807) is 0 Å². The average Bonchev–Trinajstić information content (AvgIpc) is 2.61. The van der Waals surface area contributed by atoms with Gasteiger partial charge in [-0.1, -0.05) is 36.4 Å². The molecule has 23 heavy (non-hydrogen) atoms. The first-order valence-electron chi connectivity index (χ1n) is 7.95. The molecular formula is C20H23N3. The van der Waals surface area contributed by atoms with Crippen LogP contribution in [-0.2, 0) is 0 Å². The quantitative estimate of drug-likeness (QED) is 0.323. The molecule has 3 heteroatoms. The van der Waals surface area contributed by atoms with Crippen LogP contribution in [0.15, 0.2) is 89.6 Å². The second-order valence-electron chi connectivity index (χ2n) is 5.15. The topological polar surface area (TPSA) is 36.8 Å². The first-order chi connectivity index (χ1) is 11.4. The van der Waals surface area contributed by atoms with E-state index in [9.17, 15) is 0 Å². The normalized spacial score (nSPS) is 11.1. The van der Waals surface area contributed by atoms with E-state index in [1.807, 2.05) is 60.7 Å². The predicted octanol–water partition coefficient (Wildman–Crippen LogP) is 6.43. The molecule has 0 aromatic heterocycles. The van der Waals surface area contributed by atoms with Crippen molar-refractivity contribution in [3.05, 3.63) is 79.4 Å². The molecule has 0 saturated heterocycles. The maximum absolute atomic E-state index is 4.23. The standard InChI is InChI=1S/C20H23N3/c1-2-3-4-5-6-10-17-21-18-13-15-20(16-14-18)23-22-19-11-8-7-9-12-19/h2,6-16,21H,1,3-5,17H2. The number of hydrogen-bond donors (Lipinski definition) is 1. The number of unbranched alkanes of at least 4 members (excludes halogenated alkanes) is 2. The fourth-order valence-corrected chi connectivity index (χ4v) is 2.01. The van der Waals surface area contributed by atoms with E-state index >= 15 is 0 Å². The molecule has 0 unspecified atom stereocenters. The number of hydrogen-bond acceptors (Lipinski definition) is 3. The molecule has 0 aliphatic heterocycles. The Morgan fingerprint density at radius 2 is 1.52 bits per heavy atom. The van der Waals surface area contributed by atoms with Crippen molar-refractivity contribution in [2.45, 2.75) is 19.3 Å². The fourth-order valence-electron chi connectivity index (χ4n) is 2.01. The average molecular weight is 305 g/mol. The Labute approximate surface area is 138 Å². The largest absolute Gasteiger partial charge is 0.382 e. The molecule has 0 fully saturated rings. The number of rotatable bonds is 9. The number of allylic oxidation sites excluding steroid dienone is 2. The summed E-state index contributed by atoms with van der Waals surface area (Å²) in [7, 11) is 0. The minimum atomic E-state index is 0.832. The lowest BCUT2D eigenvalue weighted by Gasteiger charge is -2.03. The predicted molar refractivity (Wildman–Crippen MR) is 98.7 cm³/mol. The van der Waals surface area contributed by atoms with E-state index in [1.165, 1.54) is 6.42 Å². The summed E-state index contributed by atoms with van der Waals surface area (Å²) in [6.07, 6.45) is 9.68. The van der Waals surface area contributed by atoms with Gasteiger partial charge in [-0.25, -0.2) is 0 Å². The third kappa shape index (κ3) is 6.74. The summed E-state index contributed by atoms with van der Waals surface area (Å²) in [5, 5.41) is 11.8. The Balaban J connectivity index is 1.76. The molecule has 0 heterocycles. The molecule has 0 aliphatic carbocycles. The van der Waals surface area contributed by atoms with Gasteiger partial charge in [0.1, 0.15) is 0 Å². The lowest BCUT2D eigenvalue weighted by Crippen LogP contribution is -1.97. The van der Waals surface area contributed by atoms with Crippen molar-refractivity contribution in [2.24, 2.45) is 10.2 Å². The van der Waals surface area contributed by atoms with Gasteiger partial charge >= 0.3 is 0 Å². The van der Waals surface area contributed by atoms with Gasteiger partial charge in [0, 0.05) is 12.2 Å². The van der Waals surface area contributed by atoms with Gasteiger partial charge in [0.15, 0.2) is 0 Å². The van der Waals surface area contributed by atoms with Crippen molar-refractivity contribution in [1.29, 1.82) is 0 Å². The summed E-state index contributed by atoms with van der Waals surface area (Å²) in [5.74, 6) is 0. The molecule has 0 saturated carbocycles. The van der Waals surface area contributed by atoms with Crippen molar-refractivity contribution < 1.29 is 0 Å². The molecule has 0 aliphatic rings. The van der Waals surface area contributed by atoms with Gasteiger partial charge in [-0.05, 0) is 55.7 Å². The molecule has 2 aromatic rings. The minimum Gasteiger partial charge on any atom is -0.382 e. The first kappa shape index (κ1) is 16.7. The molecular weight excluding hydrogens is 282 g/mol. The van der Waals surface area contributed by atoms with Crippen LogP contribution in [0.25, 0.3) is 0 Å². The maximum Gasteiger partial charge on any atom is 0.0858 e. The van der Waals surface area contributed by atoms with Gasteiger partial charge in [-0.15, -0.1) is 6.58 Å². The van der Waals surface area contributed by atoms with Gasteiger partial charge in [0.05, 0.1) is 11.4 Å². The third-order valence-electron chi connectivity index (χ3n) is 3.27. The number of nitrogens with zero attached hydrogens (tertiary/aromatic N) is 2. The summed E-state index contributed by atoms with van der Waals surface area (Å²) in [6, 6.07) is 17.7. The third-order valence-corrected chi connectivity index (χ3v) is 3.27. The highest BCUT2D eigenvalue weighted by Crippen LogP contribution is 2.19. The zero-order valence-electron chi connectivity index (χ0n) is 13.4. The highest BCUT2D eigenvalue weighted by molar-refractivity contribution is 5.51. The van der Waals surface area contributed by atoms with E-state index in [0.717, 1.165) is 36.4 Å². The molecule has 118 valence electrons. The summed E-state index contributed by atoms with van der Waals surface area (Å²) in [5.41, 5.74) is 2.79. The van der Waals surface area contributed by atoms with Gasteiger partial charge in [0.2, 0.25) is 0 Å².